The number of aromatic nitrogens is 2. The molecule has 0 atom stereocenters. The zero-order chi connectivity index (χ0) is 24.1. The number of imide groups is 1. The SMILES string of the molecule is COc1ccccc1C(=O)NC(=O)COC(=O)c1ccc2c(=O)n3c(nc2c1)CCCCCC3. The molecular formula is C25H25N3O6. The van der Waals surface area contributed by atoms with Crippen LogP contribution in [0.5, 0.6) is 5.75 Å². The number of para-hydroxylation sites is 1. The third-order valence-corrected chi connectivity index (χ3v) is 5.74. The Hall–Kier alpha value is -4.01. The van der Waals surface area contributed by atoms with Crippen LogP contribution in [-0.4, -0.2) is 41.1 Å². The van der Waals surface area contributed by atoms with E-state index in [9.17, 15) is 19.2 Å². The van der Waals surface area contributed by atoms with E-state index in [0.717, 1.165) is 31.5 Å². The monoisotopic (exact) mass is 463 g/mol. The number of carbonyl (C=O) groups excluding carboxylic acids is 3. The van der Waals surface area contributed by atoms with Crippen LogP contribution in [0.25, 0.3) is 10.9 Å². The molecule has 0 fully saturated rings. The molecule has 1 aromatic heterocycles. The van der Waals surface area contributed by atoms with Gasteiger partial charge in [0.2, 0.25) is 0 Å². The van der Waals surface area contributed by atoms with E-state index in [2.05, 4.69) is 10.3 Å². The van der Waals surface area contributed by atoms with Gasteiger partial charge in [0.15, 0.2) is 6.61 Å². The molecule has 0 saturated heterocycles. The van der Waals surface area contributed by atoms with E-state index in [0.29, 0.717) is 29.6 Å². The molecule has 1 aliphatic rings. The number of benzene rings is 2. The third kappa shape index (κ3) is 4.98. The third-order valence-electron chi connectivity index (χ3n) is 5.74. The van der Waals surface area contributed by atoms with Gasteiger partial charge in [0.1, 0.15) is 11.6 Å². The van der Waals surface area contributed by atoms with Crippen molar-refractivity contribution < 1.29 is 23.9 Å². The number of esters is 1. The summed E-state index contributed by atoms with van der Waals surface area (Å²) in [6, 6.07) is 11.0. The molecule has 0 aliphatic carbocycles. The summed E-state index contributed by atoms with van der Waals surface area (Å²) in [7, 11) is 1.42. The van der Waals surface area contributed by atoms with E-state index >= 15 is 0 Å². The molecule has 0 bridgehead atoms. The highest BCUT2D eigenvalue weighted by molar-refractivity contribution is 6.07. The number of hydrogen-bond donors (Lipinski definition) is 1. The van der Waals surface area contributed by atoms with Crippen LogP contribution >= 0.6 is 0 Å². The van der Waals surface area contributed by atoms with Crippen molar-refractivity contribution in [3.05, 3.63) is 69.8 Å². The number of amides is 2. The second-order valence-electron chi connectivity index (χ2n) is 8.03. The van der Waals surface area contributed by atoms with Crippen LogP contribution in [0.3, 0.4) is 0 Å². The first-order valence-corrected chi connectivity index (χ1v) is 11.2. The molecule has 9 heteroatoms. The summed E-state index contributed by atoms with van der Waals surface area (Å²) in [6.45, 7) is 0.00161. The maximum atomic E-state index is 12.9. The lowest BCUT2D eigenvalue weighted by molar-refractivity contribution is -0.123. The molecule has 1 aliphatic heterocycles. The van der Waals surface area contributed by atoms with E-state index in [-0.39, 0.29) is 16.7 Å². The minimum atomic E-state index is -0.775. The van der Waals surface area contributed by atoms with Crippen LogP contribution < -0.4 is 15.6 Å². The van der Waals surface area contributed by atoms with Crippen LogP contribution in [0.2, 0.25) is 0 Å². The van der Waals surface area contributed by atoms with Crippen molar-refractivity contribution in [1.29, 1.82) is 0 Å². The van der Waals surface area contributed by atoms with Crippen molar-refractivity contribution in [2.24, 2.45) is 0 Å². The van der Waals surface area contributed by atoms with Gasteiger partial charge in [0.25, 0.3) is 17.4 Å². The summed E-state index contributed by atoms with van der Waals surface area (Å²) in [5, 5.41) is 2.60. The lowest BCUT2D eigenvalue weighted by Gasteiger charge is -2.16. The Labute approximate surface area is 195 Å². The van der Waals surface area contributed by atoms with Gasteiger partial charge in [-0.25, -0.2) is 9.78 Å². The number of nitrogens with zero attached hydrogens (tertiary/aromatic N) is 2. The van der Waals surface area contributed by atoms with Crippen molar-refractivity contribution >= 4 is 28.7 Å². The largest absolute Gasteiger partial charge is 0.496 e. The Morgan fingerprint density at radius 1 is 1.06 bits per heavy atom. The van der Waals surface area contributed by atoms with Crippen LogP contribution in [0, 0.1) is 0 Å². The van der Waals surface area contributed by atoms with Crippen molar-refractivity contribution in [2.75, 3.05) is 13.7 Å². The number of nitrogens with one attached hydrogen (secondary N) is 1. The molecule has 4 rings (SSSR count). The Balaban J connectivity index is 1.44. The lowest BCUT2D eigenvalue weighted by atomic mass is 10.1. The van der Waals surface area contributed by atoms with E-state index in [1.54, 1.807) is 28.8 Å². The fourth-order valence-electron chi connectivity index (χ4n) is 4.00. The molecule has 0 spiro atoms. The number of hydrogen-bond acceptors (Lipinski definition) is 7. The summed E-state index contributed by atoms with van der Waals surface area (Å²) in [5.74, 6) is -1.15. The summed E-state index contributed by atoms with van der Waals surface area (Å²) >= 11 is 0. The fraction of sp³-hybridized carbons (Fsp3) is 0.320. The summed E-state index contributed by atoms with van der Waals surface area (Å²) in [6.07, 6.45) is 4.80. The normalized spacial score (nSPS) is 13.3. The Bertz CT molecular complexity index is 1310. The van der Waals surface area contributed by atoms with Gasteiger partial charge in [-0.1, -0.05) is 25.0 Å². The quantitative estimate of drug-likeness (QED) is 0.578. The van der Waals surface area contributed by atoms with Crippen LogP contribution in [0.4, 0.5) is 0 Å². The fourth-order valence-corrected chi connectivity index (χ4v) is 4.00. The molecule has 34 heavy (non-hydrogen) atoms. The summed E-state index contributed by atoms with van der Waals surface area (Å²) in [4.78, 5) is 54.5. The molecule has 9 nitrogen and oxygen atoms in total. The van der Waals surface area contributed by atoms with Gasteiger partial charge in [0, 0.05) is 13.0 Å². The summed E-state index contributed by atoms with van der Waals surface area (Å²) < 4.78 is 11.9. The Kier molecular flexibility index (Phi) is 7.01. The van der Waals surface area contributed by atoms with E-state index in [4.69, 9.17) is 9.47 Å². The first-order valence-electron chi connectivity index (χ1n) is 11.2. The molecule has 0 saturated carbocycles. The van der Waals surface area contributed by atoms with Crippen molar-refractivity contribution in [3.8, 4) is 5.75 Å². The Morgan fingerprint density at radius 3 is 2.68 bits per heavy atom. The van der Waals surface area contributed by atoms with Gasteiger partial charge in [0.05, 0.1) is 29.1 Å². The first kappa shape index (κ1) is 23.2. The predicted octanol–water partition coefficient (Wildman–Crippen LogP) is 2.64. The molecule has 0 radical (unpaired) electrons. The van der Waals surface area contributed by atoms with Gasteiger partial charge >= 0.3 is 5.97 Å². The standard InChI is InChI=1S/C25H25N3O6/c1-33-20-9-6-5-8-18(20)23(30)27-22(29)15-34-25(32)16-11-12-17-19(14-16)26-21-10-4-2-3-7-13-28(21)24(17)31/h5-6,8-9,11-12,14H,2-4,7,10,13,15H2,1H3,(H,27,29,30). The van der Waals surface area contributed by atoms with Gasteiger partial charge < -0.3 is 9.47 Å². The zero-order valence-corrected chi connectivity index (χ0v) is 18.8. The van der Waals surface area contributed by atoms with E-state index in [1.165, 1.54) is 25.3 Å². The molecular weight excluding hydrogens is 438 g/mol. The van der Waals surface area contributed by atoms with Gasteiger partial charge in [-0.3, -0.25) is 24.3 Å². The number of rotatable bonds is 5. The number of carbonyl (C=O) groups is 3. The van der Waals surface area contributed by atoms with Crippen LogP contribution in [-0.2, 0) is 22.5 Å². The molecule has 176 valence electrons. The second kappa shape index (κ2) is 10.3. The van der Waals surface area contributed by atoms with Crippen molar-refractivity contribution in [3.63, 3.8) is 0 Å². The van der Waals surface area contributed by atoms with Gasteiger partial charge in [-0.2, -0.15) is 0 Å². The first-order chi connectivity index (χ1) is 16.5. The Morgan fingerprint density at radius 2 is 1.85 bits per heavy atom. The molecule has 1 N–H and O–H groups in total. The lowest BCUT2D eigenvalue weighted by Crippen LogP contribution is -2.34. The predicted molar refractivity (Wildman–Crippen MR) is 124 cm³/mol. The second-order valence-corrected chi connectivity index (χ2v) is 8.03. The molecule has 2 amide bonds. The van der Waals surface area contributed by atoms with Crippen molar-refractivity contribution in [1.82, 2.24) is 14.9 Å². The number of ether oxygens (including phenoxy) is 2. The van der Waals surface area contributed by atoms with Gasteiger partial charge in [-0.15, -0.1) is 0 Å². The molecule has 2 heterocycles. The average Bonchev–Trinajstić information content (AvgIpc) is 2.83. The van der Waals surface area contributed by atoms with E-state index < -0.39 is 24.4 Å². The molecule has 3 aromatic rings. The minimum absolute atomic E-state index is 0.115. The smallest absolute Gasteiger partial charge is 0.338 e. The molecule has 0 unspecified atom stereocenters. The van der Waals surface area contributed by atoms with Crippen LogP contribution in [0.15, 0.2) is 47.3 Å². The zero-order valence-electron chi connectivity index (χ0n) is 18.8. The average molecular weight is 463 g/mol. The number of aryl methyl sites for hydroxylation is 1. The number of methoxy groups -OCH3 is 1. The highest BCUT2D eigenvalue weighted by Gasteiger charge is 2.18. The maximum Gasteiger partial charge on any atom is 0.338 e. The van der Waals surface area contributed by atoms with Crippen molar-refractivity contribution in [2.45, 2.75) is 38.6 Å². The summed E-state index contributed by atoms with van der Waals surface area (Å²) in [5.41, 5.74) is 0.656. The van der Waals surface area contributed by atoms with E-state index in [1.807, 2.05) is 0 Å². The maximum absolute atomic E-state index is 12.9. The highest BCUT2D eigenvalue weighted by Crippen LogP contribution is 2.18. The molecule has 2 aromatic carbocycles. The number of fused-ring (bicyclic) bond motifs is 2. The van der Waals surface area contributed by atoms with Crippen LogP contribution in [0.1, 0.15) is 52.2 Å². The topological polar surface area (TPSA) is 117 Å². The highest BCUT2D eigenvalue weighted by atomic mass is 16.5. The van der Waals surface area contributed by atoms with Gasteiger partial charge in [-0.05, 0) is 43.2 Å². The minimum Gasteiger partial charge on any atom is -0.496 e.